The number of alkyl halides is 4. The number of hydrogen-bond donors (Lipinski definition) is 1. The molecule has 15 heavy (non-hydrogen) atoms. The summed E-state index contributed by atoms with van der Waals surface area (Å²) >= 11 is 0. The molecule has 0 spiro atoms. The Morgan fingerprint density at radius 1 is 1.47 bits per heavy atom. The third kappa shape index (κ3) is 2.42. The van der Waals surface area contributed by atoms with Gasteiger partial charge in [-0.3, -0.25) is 4.98 Å². The highest BCUT2D eigenvalue weighted by molar-refractivity contribution is 5.88. The van der Waals surface area contributed by atoms with Gasteiger partial charge < -0.3 is 5.11 Å². The summed E-state index contributed by atoms with van der Waals surface area (Å²) in [6, 6.07) is 1.99. The van der Waals surface area contributed by atoms with E-state index < -0.39 is 29.6 Å². The topological polar surface area (TPSA) is 50.2 Å². The Morgan fingerprint density at radius 3 is 2.53 bits per heavy atom. The summed E-state index contributed by atoms with van der Waals surface area (Å²) in [5.74, 6) is -1.65. The third-order valence-corrected chi connectivity index (χ3v) is 1.60. The van der Waals surface area contributed by atoms with Crippen LogP contribution in [0.3, 0.4) is 0 Å². The molecule has 0 aromatic carbocycles. The van der Waals surface area contributed by atoms with E-state index in [1.165, 1.54) is 0 Å². The molecule has 7 heteroatoms. The van der Waals surface area contributed by atoms with Crippen molar-refractivity contribution >= 4 is 5.97 Å². The van der Waals surface area contributed by atoms with Crippen LogP contribution in [-0.4, -0.2) is 22.2 Å². The molecular weight excluding hydrogens is 218 g/mol. The largest absolute Gasteiger partial charge is 0.478 e. The minimum atomic E-state index is -5.15. The molecule has 1 aromatic rings. The Labute approximate surface area is 81.4 Å². The van der Waals surface area contributed by atoms with Crippen LogP contribution in [0.25, 0.3) is 0 Å². The van der Waals surface area contributed by atoms with Gasteiger partial charge in [0, 0.05) is 6.20 Å². The summed E-state index contributed by atoms with van der Waals surface area (Å²) in [4.78, 5) is 13.6. The molecular formula is C8H5F4NO2. The highest BCUT2D eigenvalue weighted by Crippen LogP contribution is 2.36. The van der Waals surface area contributed by atoms with Crippen LogP contribution < -0.4 is 0 Å². The van der Waals surface area contributed by atoms with Crippen molar-refractivity contribution in [3.8, 4) is 0 Å². The Kier molecular flexibility index (Phi) is 2.92. The number of nitrogens with zero attached hydrogens (tertiary/aromatic N) is 1. The average Bonchev–Trinajstić information content (AvgIpc) is 2.15. The standard InChI is InChI=1S/C8H5F4NO2/c9-6(8(10,11)12)5-4(7(14)15)2-1-3-13-5/h1-3,6H,(H,14,15). The molecule has 0 aliphatic heterocycles. The maximum atomic E-state index is 12.8. The summed E-state index contributed by atoms with van der Waals surface area (Å²) in [6.07, 6.45) is -7.64. The molecule has 0 radical (unpaired) electrons. The van der Waals surface area contributed by atoms with Crippen molar-refractivity contribution in [1.29, 1.82) is 0 Å². The first-order valence-corrected chi connectivity index (χ1v) is 3.73. The molecule has 1 rings (SSSR count). The first-order valence-electron chi connectivity index (χ1n) is 3.73. The van der Waals surface area contributed by atoms with E-state index in [0.717, 1.165) is 18.3 Å². The second-order valence-electron chi connectivity index (χ2n) is 2.65. The second kappa shape index (κ2) is 3.84. The number of hydrogen-bond acceptors (Lipinski definition) is 2. The van der Waals surface area contributed by atoms with Gasteiger partial charge in [-0.15, -0.1) is 0 Å². The van der Waals surface area contributed by atoms with Crippen LogP contribution >= 0.6 is 0 Å². The molecule has 0 fully saturated rings. The average molecular weight is 223 g/mol. The fourth-order valence-electron chi connectivity index (χ4n) is 0.955. The minimum Gasteiger partial charge on any atom is -0.478 e. The lowest BCUT2D eigenvalue weighted by Crippen LogP contribution is -2.20. The highest BCUT2D eigenvalue weighted by atomic mass is 19.4. The van der Waals surface area contributed by atoms with E-state index in [0.29, 0.717) is 0 Å². The van der Waals surface area contributed by atoms with E-state index in [4.69, 9.17) is 5.11 Å². The molecule has 0 aliphatic carbocycles. The van der Waals surface area contributed by atoms with Crippen LogP contribution in [0.5, 0.6) is 0 Å². The van der Waals surface area contributed by atoms with Crippen LogP contribution in [0, 0.1) is 0 Å². The number of carboxylic acids is 1. The van der Waals surface area contributed by atoms with Gasteiger partial charge in [0.1, 0.15) is 0 Å². The summed E-state index contributed by atoms with van der Waals surface area (Å²) < 4.78 is 48.7. The van der Waals surface area contributed by atoms with Gasteiger partial charge in [-0.25, -0.2) is 9.18 Å². The smallest absolute Gasteiger partial charge is 0.425 e. The Hall–Kier alpha value is -1.66. The quantitative estimate of drug-likeness (QED) is 0.783. The number of carbonyl (C=O) groups is 1. The lowest BCUT2D eigenvalue weighted by molar-refractivity contribution is -0.183. The Morgan fingerprint density at radius 2 is 2.07 bits per heavy atom. The van der Waals surface area contributed by atoms with E-state index in [1.54, 1.807) is 0 Å². The molecule has 3 nitrogen and oxygen atoms in total. The van der Waals surface area contributed by atoms with E-state index in [9.17, 15) is 22.4 Å². The fraction of sp³-hybridized carbons (Fsp3) is 0.250. The lowest BCUT2D eigenvalue weighted by Gasteiger charge is -2.13. The van der Waals surface area contributed by atoms with Crippen LogP contribution in [0.15, 0.2) is 18.3 Å². The molecule has 82 valence electrons. The molecule has 0 aliphatic rings. The van der Waals surface area contributed by atoms with Gasteiger partial charge in [0.25, 0.3) is 0 Å². The van der Waals surface area contributed by atoms with E-state index in [-0.39, 0.29) is 0 Å². The van der Waals surface area contributed by atoms with Gasteiger partial charge in [-0.05, 0) is 12.1 Å². The molecule has 1 N–H and O–H groups in total. The van der Waals surface area contributed by atoms with Gasteiger partial charge in [0.05, 0.1) is 11.3 Å². The summed E-state index contributed by atoms with van der Waals surface area (Å²) in [6.45, 7) is 0. The lowest BCUT2D eigenvalue weighted by atomic mass is 10.1. The van der Waals surface area contributed by atoms with E-state index >= 15 is 0 Å². The predicted octanol–water partition coefficient (Wildman–Crippen LogP) is 2.35. The zero-order valence-electron chi connectivity index (χ0n) is 7.12. The third-order valence-electron chi connectivity index (χ3n) is 1.60. The Balaban J connectivity index is 3.19. The fourth-order valence-corrected chi connectivity index (χ4v) is 0.955. The summed E-state index contributed by atoms with van der Waals surface area (Å²) in [7, 11) is 0. The monoisotopic (exact) mass is 223 g/mol. The number of rotatable bonds is 2. The van der Waals surface area contributed by atoms with Crippen LogP contribution in [-0.2, 0) is 0 Å². The summed E-state index contributed by atoms with van der Waals surface area (Å²) in [5, 5.41) is 8.51. The van der Waals surface area contributed by atoms with Crippen molar-refractivity contribution in [1.82, 2.24) is 4.98 Å². The van der Waals surface area contributed by atoms with Crippen LogP contribution in [0.2, 0.25) is 0 Å². The van der Waals surface area contributed by atoms with Crippen molar-refractivity contribution in [2.75, 3.05) is 0 Å². The SMILES string of the molecule is O=C(O)c1cccnc1C(F)C(F)(F)F. The van der Waals surface area contributed by atoms with Gasteiger partial charge in [-0.2, -0.15) is 13.2 Å². The van der Waals surface area contributed by atoms with Gasteiger partial charge >= 0.3 is 12.1 Å². The van der Waals surface area contributed by atoms with Gasteiger partial charge in [0.15, 0.2) is 0 Å². The maximum Gasteiger partial charge on any atom is 0.425 e. The van der Waals surface area contributed by atoms with Gasteiger partial charge in [-0.1, -0.05) is 0 Å². The molecule has 1 unspecified atom stereocenters. The normalized spacial score (nSPS) is 13.6. The molecule has 1 heterocycles. The van der Waals surface area contributed by atoms with Crippen LogP contribution in [0.1, 0.15) is 22.2 Å². The van der Waals surface area contributed by atoms with E-state index in [2.05, 4.69) is 4.98 Å². The van der Waals surface area contributed by atoms with Crippen molar-refractivity contribution in [2.45, 2.75) is 12.3 Å². The molecule has 0 saturated carbocycles. The molecule has 1 aromatic heterocycles. The van der Waals surface area contributed by atoms with Crippen molar-refractivity contribution in [3.63, 3.8) is 0 Å². The number of aromatic carboxylic acids is 1. The zero-order chi connectivity index (χ0) is 11.6. The first-order chi connectivity index (χ1) is 6.84. The van der Waals surface area contributed by atoms with E-state index in [1.807, 2.05) is 0 Å². The molecule has 1 atom stereocenters. The number of carboxylic acid groups (broad SMARTS) is 1. The molecule has 0 saturated heterocycles. The second-order valence-corrected chi connectivity index (χ2v) is 2.65. The van der Waals surface area contributed by atoms with Crippen LogP contribution in [0.4, 0.5) is 17.6 Å². The van der Waals surface area contributed by atoms with Crippen molar-refractivity contribution in [3.05, 3.63) is 29.6 Å². The maximum absolute atomic E-state index is 12.8. The van der Waals surface area contributed by atoms with Crippen molar-refractivity contribution in [2.24, 2.45) is 0 Å². The predicted molar refractivity (Wildman–Crippen MR) is 41.1 cm³/mol. The number of aromatic nitrogens is 1. The first kappa shape index (κ1) is 11.4. The number of pyridine rings is 1. The van der Waals surface area contributed by atoms with Crippen molar-refractivity contribution < 1.29 is 27.5 Å². The Bertz CT molecular complexity index is 377. The summed E-state index contributed by atoms with van der Waals surface area (Å²) in [5.41, 5.74) is -1.92. The number of halogens is 4. The van der Waals surface area contributed by atoms with Gasteiger partial charge in [0.2, 0.25) is 6.17 Å². The highest BCUT2D eigenvalue weighted by Gasteiger charge is 2.44. The molecule has 0 bridgehead atoms. The zero-order valence-corrected chi connectivity index (χ0v) is 7.12. The minimum absolute atomic E-state index is 0.790. The molecule has 0 amide bonds.